The lowest BCUT2D eigenvalue weighted by molar-refractivity contribution is -0.122. The van der Waals surface area contributed by atoms with Gasteiger partial charge < -0.3 is 20.1 Å². The summed E-state index contributed by atoms with van der Waals surface area (Å²) in [5.74, 6) is 0.0326. The van der Waals surface area contributed by atoms with Crippen LogP contribution in [0.5, 0.6) is 5.75 Å². The Balaban J connectivity index is 1.08. The normalized spacial score (nSPS) is 15.5. The Labute approximate surface area is 249 Å². The fourth-order valence-corrected chi connectivity index (χ4v) is 6.55. The molecule has 0 saturated carbocycles. The Hall–Kier alpha value is -3.44. The molecule has 4 heterocycles. The van der Waals surface area contributed by atoms with E-state index in [1.807, 2.05) is 5.38 Å². The highest BCUT2D eigenvalue weighted by atomic mass is 32.1. The average Bonchev–Trinajstić information content (AvgIpc) is 3.51. The Morgan fingerprint density at radius 1 is 1.00 bits per heavy atom. The van der Waals surface area contributed by atoms with Crippen LogP contribution in [0, 0.1) is 5.82 Å². The number of ether oxygens (including phenoxy) is 2. The molecule has 0 radical (unpaired) electrons. The van der Waals surface area contributed by atoms with Gasteiger partial charge in [0.2, 0.25) is 5.91 Å². The number of thiophene rings is 1. The van der Waals surface area contributed by atoms with E-state index in [2.05, 4.69) is 50.0 Å². The maximum absolute atomic E-state index is 14.3. The van der Waals surface area contributed by atoms with Crippen LogP contribution in [0.3, 0.4) is 0 Å². The smallest absolute Gasteiger partial charge is 0.234 e. The van der Waals surface area contributed by atoms with Crippen LogP contribution in [-0.2, 0) is 22.5 Å². The number of piperidine rings is 1. The number of aromatic nitrogens is 2. The van der Waals surface area contributed by atoms with E-state index in [1.165, 1.54) is 29.7 Å². The first-order valence-corrected chi connectivity index (χ1v) is 15.6. The summed E-state index contributed by atoms with van der Waals surface area (Å²) in [6.45, 7) is 5.66. The fourth-order valence-electron chi connectivity index (χ4n) is 5.66. The van der Waals surface area contributed by atoms with Gasteiger partial charge in [0.1, 0.15) is 29.6 Å². The summed E-state index contributed by atoms with van der Waals surface area (Å²) >= 11 is 1.59. The number of carbonyl (C=O) groups excluding carboxylic acids is 1. The van der Waals surface area contributed by atoms with Crippen LogP contribution in [0.4, 0.5) is 4.39 Å². The van der Waals surface area contributed by atoms with Gasteiger partial charge in [-0.15, -0.1) is 21.5 Å². The lowest BCUT2D eigenvalue weighted by Gasteiger charge is -2.25. The molecule has 0 bridgehead atoms. The van der Waals surface area contributed by atoms with Gasteiger partial charge in [0.15, 0.2) is 0 Å². The third-order valence-corrected chi connectivity index (χ3v) is 8.74. The zero-order valence-corrected chi connectivity index (χ0v) is 24.5. The van der Waals surface area contributed by atoms with Crippen molar-refractivity contribution in [3.63, 3.8) is 0 Å². The largest absolute Gasteiger partial charge is 0.490 e. The van der Waals surface area contributed by atoms with Crippen LogP contribution in [-0.4, -0.2) is 73.5 Å². The number of halogens is 1. The summed E-state index contributed by atoms with van der Waals surface area (Å²) < 4.78 is 26.9. The van der Waals surface area contributed by atoms with Gasteiger partial charge in [0, 0.05) is 35.7 Å². The second-order valence-corrected chi connectivity index (χ2v) is 11.7. The highest BCUT2D eigenvalue weighted by molar-refractivity contribution is 7.17. The predicted octanol–water partition coefficient (Wildman–Crippen LogP) is 4.81. The zero-order valence-electron chi connectivity index (χ0n) is 23.7. The van der Waals surface area contributed by atoms with Gasteiger partial charge >= 0.3 is 0 Å². The van der Waals surface area contributed by atoms with E-state index in [0.29, 0.717) is 43.3 Å². The predicted molar refractivity (Wildman–Crippen MR) is 163 cm³/mol. The molecule has 8 nitrogen and oxygen atoms in total. The van der Waals surface area contributed by atoms with Crippen LogP contribution in [0.15, 0.2) is 47.8 Å². The Bertz CT molecular complexity index is 1540. The molecule has 2 N–H and O–H groups in total. The van der Waals surface area contributed by atoms with E-state index in [1.54, 1.807) is 17.4 Å². The summed E-state index contributed by atoms with van der Waals surface area (Å²) in [5, 5.41) is 18.6. The number of likely N-dealkylation sites (tertiary alicyclic amines) is 1. The monoisotopic (exact) mass is 589 g/mol. The van der Waals surface area contributed by atoms with Crippen molar-refractivity contribution in [3.05, 3.63) is 64.8 Å². The summed E-state index contributed by atoms with van der Waals surface area (Å²) in [4.78, 5) is 14.3. The highest BCUT2D eigenvalue weighted by Gasteiger charge is 2.19. The van der Waals surface area contributed by atoms with Crippen LogP contribution in [0.1, 0.15) is 30.4 Å². The molecule has 0 atom stereocenters. The quantitative estimate of drug-likeness (QED) is 0.243. The molecule has 4 aromatic rings. The molecule has 1 amide bonds. The van der Waals surface area contributed by atoms with Crippen molar-refractivity contribution in [1.82, 2.24) is 25.7 Å². The number of benzene rings is 2. The van der Waals surface area contributed by atoms with E-state index in [0.717, 1.165) is 66.8 Å². The number of nitrogens with one attached hydrogen (secondary N) is 2. The van der Waals surface area contributed by atoms with Gasteiger partial charge in [-0.1, -0.05) is 18.6 Å². The SMILES string of the molecule is O=C(CN1CCCCC1)NCCOCCOc1cc(F)ccc1-c1nnc(-c2ccc3c(c2)CCNC3)c2ccsc12. The number of hydrogen-bond acceptors (Lipinski definition) is 8. The van der Waals surface area contributed by atoms with Gasteiger partial charge in [-0.2, -0.15) is 0 Å². The van der Waals surface area contributed by atoms with E-state index >= 15 is 0 Å². The Morgan fingerprint density at radius 2 is 1.88 bits per heavy atom. The summed E-state index contributed by atoms with van der Waals surface area (Å²) in [7, 11) is 0. The standard InChI is InChI=1S/C32H36FN5O3S/c33-25-6-7-26(28(19-25)41-16-15-40-14-11-35-29(39)21-38-12-2-1-3-13-38)31-32-27(9-17-42-32)30(36-37-31)23-4-5-24-20-34-10-8-22(24)18-23/h4-7,9,17-19,34H,1-3,8,10-16,20-21H2,(H,35,39). The van der Waals surface area contributed by atoms with Gasteiger partial charge in [-0.05, 0) is 79.7 Å². The number of rotatable bonds is 11. The maximum Gasteiger partial charge on any atom is 0.234 e. The molecule has 220 valence electrons. The van der Waals surface area contributed by atoms with Gasteiger partial charge in [0.25, 0.3) is 0 Å². The molecule has 6 rings (SSSR count). The summed E-state index contributed by atoms with van der Waals surface area (Å²) in [5.41, 5.74) is 5.91. The molecule has 0 unspecified atom stereocenters. The number of nitrogens with zero attached hydrogens (tertiary/aromatic N) is 3. The van der Waals surface area contributed by atoms with Gasteiger partial charge in [-0.3, -0.25) is 9.69 Å². The molecular formula is C32H36FN5O3S. The molecule has 10 heteroatoms. The van der Waals surface area contributed by atoms with Crippen molar-refractivity contribution < 1.29 is 18.7 Å². The fraction of sp³-hybridized carbons (Fsp3) is 0.406. The first-order valence-electron chi connectivity index (χ1n) is 14.7. The van der Waals surface area contributed by atoms with E-state index < -0.39 is 0 Å². The minimum absolute atomic E-state index is 0.0251. The molecule has 42 heavy (non-hydrogen) atoms. The van der Waals surface area contributed by atoms with Crippen LogP contribution in [0.2, 0.25) is 0 Å². The minimum Gasteiger partial charge on any atom is -0.490 e. The molecule has 0 spiro atoms. The second-order valence-electron chi connectivity index (χ2n) is 10.8. The second kappa shape index (κ2) is 13.7. The molecular weight excluding hydrogens is 553 g/mol. The summed E-state index contributed by atoms with van der Waals surface area (Å²) in [6, 6.07) is 13.1. The van der Waals surface area contributed by atoms with Crippen molar-refractivity contribution in [1.29, 1.82) is 0 Å². The minimum atomic E-state index is -0.387. The lowest BCUT2D eigenvalue weighted by atomic mass is 9.96. The van der Waals surface area contributed by atoms with E-state index in [4.69, 9.17) is 9.47 Å². The number of fused-ring (bicyclic) bond motifs is 2. The van der Waals surface area contributed by atoms with Gasteiger partial charge in [0.05, 0.1) is 24.5 Å². The number of carbonyl (C=O) groups is 1. The summed E-state index contributed by atoms with van der Waals surface area (Å²) in [6.07, 6.45) is 4.56. The van der Waals surface area contributed by atoms with Gasteiger partial charge in [-0.25, -0.2) is 4.39 Å². The molecule has 2 aliphatic heterocycles. The molecule has 1 saturated heterocycles. The Morgan fingerprint density at radius 3 is 2.79 bits per heavy atom. The van der Waals surface area contributed by atoms with Crippen LogP contribution >= 0.6 is 11.3 Å². The number of hydrogen-bond donors (Lipinski definition) is 2. The van der Waals surface area contributed by atoms with Crippen molar-refractivity contribution in [2.75, 3.05) is 52.5 Å². The molecule has 1 fully saturated rings. The molecule has 2 aromatic heterocycles. The molecule has 0 aliphatic carbocycles. The van der Waals surface area contributed by atoms with Crippen LogP contribution < -0.4 is 15.4 Å². The average molecular weight is 590 g/mol. The zero-order chi connectivity index (χ0) is 28.7. The molecule has 2 aliphatic rings. The molecule has 2 aromatic carbocycles. The van der Waals surface area contributed by atoms with Crippen LogP contribution in [0.25, 0.3) is 32.6 Å². The lowest BCUT2D eigenvalue weighted by Crippen LogP contribution is -2.40. The maximum atomic E-state index is 14.3. The van der Waals surface area contributed by atoms with Crippen molar-refractivity contribution in [3.8, 4) is 28.3 Å². The van der Waals surface area contributed by atoms with Crippen molar-refractivity contribution >= 4 is 27.3 Å². The first kappa shape index (κ1) is 28.7. The van der Waals surface area contributed by atoms with E-state index in [9.17, 15) is 9.18 Å². The topological polar surface area (TPSA) is 88.6 Å². The third kappa shape index (κ3) is 6.78. The van der Waals surface area contributed by atoms with Crippen molar-refractivity contribution in [2.24, 2.45) is 0 Å². The third-order valence-electron chi connectivity index (χ3n) is 7.82. The Kier molecular flexibility index (Phi) is 9.34. The highest BCUT2D eigenvalue weighted by Crippen LogP contribution is 2.39. The number of amides is 1. The first-order chi connectivity index (χ1) is 20.7. The van der Waals surface area contributed by atoms with E-state index in [-0.39, 0.29) is 18.3 Å². The van der Waals surface area contributed by atoms with Crippen molar-refractivity contribution in [2.45, 2.75) is 32.2 Å².